The maximum Gasteiger partial charge on any atom is 0.162 e. The highest BCUT2D eigenvalue weighted by atomic mass is 19.1. The molecule has 2 aromatic heterocycles. The molecule has 4 aromatic rings. The van der Waals surface area contributed by atoms with Crippen molar-refractivity contribution >= 4 is 17.8 Å². The summed E-state index contributed by atoms with van der Waals surface area (Å²) in [7, 11) is 0. The third kappa shape index (κ3) is 4.21. The van der Waals surface area contributed by atoms with E-state index in [1.807, 2.05) is 48.0 Å². The smallest absolute Gasteiger partial charge is 0.162 e. The highest BCUT2D eigenvalue weighted by molar-refractivity contribution is 5.77. The Hall–Kier alpha value is -3.31. The van der Waals surface area contributed by atoms with E-state index in [0.717, 1.165) is 54.0 Å². The van der Waals surface area contributed by atoms with Gasteiger partial charge in [-0.25, -0.2) is 13.9 Å². The Kier molecular flexibility index (Phi) is 5.82. The summed E-state index contributed by atoms with van der Waals surface area (Å²) in [5.74, 6) is 0.213. The number of aromatic nitrogens is 3. The van der Waals surface area contributed by atoms with Crippen LogP contribution >= 0.6 is 0 Å². The fourth-order valence-corrected chi connectivity index (χ4v) is 4.64. The molecule has 1 aliphatic heterocycles. The van der Waals surface area contributed by atoms with Gasteiger partial charge in [0.25, 0.3) is 0 Å². The van der Waals surface area contributed by atoms with Crippen LogP contribution in [0.2, 0.25) is 0 Å². The average Bonchev–Trinajstić information content (AvgIpc) is 3.15. The van der Waals surface area contributed by atoms with Gasteiger partial charge in [0.1, 0.15) is 5.82 Å². The van der Waals surface area contributed by atoms with Crippen LogP contribution in [0.3, 0.4) is 0 Å². The largest absolute Gasteiger partial charge is 0.298 e. The summed E-state index contributed by atoms with van der Waals surface area (Å²) in [4.78, 5) is 7.01. The second kappa shape index (κ2) is 9.05. The molecule has 0 bridgehead atoms. The number of hydrogen-bond acceptors (Lipinski definition) is 3. The number of rotatable bonds is 5. The van der Waals surface area contributed by atoms with E-state index >= 15 is 0 Å². The Morgan fingerprint density at radius 2 is 1.84 bits per heavy atom. The van der Waals surface area contributed by atoms with Crippen LogP contribution in [0, 0.1) is 12.7 Å². The molecule has 32 heavy (non-hydrogen) atoms. The van der Waals surface area contributed by atoms with Gasteiger partial charge >= 0.3 is 0 Å². The van der Waals surface area contributed by atoms with Gasteiger partial charge in [-0.05, 0) is 50.1 Å². The van der Waals surface area contributed by atoms with Crippen LogP contribution in [0.15, 0.2) is 66.9 Å². The minimum absolute atomic E-state index is 0.126. The molecule has 1 aliphatic rings. The van der Waals surface area contributed by atoms with E-state index in [2.05, 4.69) is 40.2 Å². The molecule has 1 atom stereocenters. The van der Waals surface area contributed by atoms with Crippen molar-refractivity contribution < 1.29 is 4.39 Å². The molecule has 5 rings (SSSR count). The number of hydrogen-bond donors (Lipinski definition) is 0. The van der Waals surface area contributed by atoms with Gasteiger partial charge in [-0.1, -0.05) is 54.6 Å². The molecule has 3 heterocycles. The number of halogens is 1. The SMILES string of the molecule is Cc1nn2c([C@H]3CCCN(Cc4ccccc4F)C3)ccnc2c1/C=C/c1ccccc1. The molecule has 0 amide bonds. The van der Waals surface area contributed by atoms with Gasteiger partial charge in [0, 0.05) is 36.3 Å². The number of likely N-dealkylation sites (tertiary alicyclic amines) is 1. The van der Waals surface area contributed by atoms with Crippen molar-refractivity contribution in [1.29, 1.82) is 0 Å². The van der Waals surface area contributed by atoms with Crippen LogP contribution in [-0.2, 0) is 6.54 Å². The number of fused-ring (bicyclic) bond motifs is 1. The first-order valence-electron chi connectivity index (χ1n) is 11.2. The third-order valence-electron chi connectivity index (χ3n) is 6.29. The van der Waals surface area contributed by atoms with Gasteiger partial charge in [-0.15, -0.1) is 0 Å². The number of benzene rings is 2. The number of nitrogens with zero attached hydrogens (tertiary/aromatic N) is 4. The van der Waals surface area contributed by atoms with E-state index in [4.69, 9.17) is 5.10 Å². The molecule has 0 N–H and O–H groups in total. The molecular formula is C27H27FN4. The molecule has 0 aliphatic carbocycles. The molecule has 0 radical (unpaired) electrons. The number of piperidine rings is 1. The van der Waals surface area contributed by atoms with Gasteiger partial charge in [0.05, 0.1) is 11.4 Å². The van der Waals surface area contributed by atoms with Crippen molar-refractivity contribution in [3.05, 3.63) is 101 Å². The van der Waals surface area contributed by atoms with E-state index < -0.39 is 0 Å². The Morgan fingerprint density at radius 1 is 1.03 bits per heavy atom. The highest BCUT2D eigenvalue weighted by Gasteiger charge is 2.25. The second-order valence-corrected chi connectivity index (χ2v) is 8.51. The molecule has 1 fully saturated rings. The molecule has 0 unspecified atom stereocenters. The van der Waals surface area contributed by atoms with Crippen molar-refractivity contribution in [3.63, 3.8) is 0 Å². The van der Waals surface area contributed by atoms with Crippen molar-refractivity contribution in [2.24, 2.45) is 0 Å². The first-order chi connectivity index (χ1) is 15.7. The fraction of sp³-hybridized carbons (Fsp3) is 0.259. The van der Waals surface area contributed by atoms with E-state index in [-0.39, 0.29) is 5.82 Å². The van der Waals surface area contributed by atoms with E-state index in [0.29, 0.717) is 12.5 Å². The predicted octanol–water partition coefficient (Wildman–Crippen LogP) is 5.73. The minimum atomic E-state index is -0.126. The van der Waals surface area contributed by atoms with Crippen LogP contribution in [0.25, 0.3) is 17.8 Å². The van der Waals surface area contributed by atoms with Crippen LogP contribution in [0.1, 0.15) is 46.8 Å². The van der Waals surface area contributed by atoms with Crippen LogP contribution in [0.4, 0.5) is 4.39 Å². The Balaban J connectivity index is 1.42. The van der Waals surface area contributed by atoms with Gasteiger partial charge in [-0.2, -0.15) is 5.10 Å². The van der Waals surface area contributed by atoms with Crippen LogP contribution < -0.4 is 0 Å². The van der Waals surface area contributed by atoms with E-state index in [9.17, 15) is 4.39 Å². The molecule has 1 saturated heterocycles. The van der Waals surface area contributed by atoms with Crippen molar-refractivity contribution in [1.82, 2.24) is 19.5 Å². The third-order valence-corrected chi connectivity index (χ3v) is 6.29. The minimum Gasteiger partial charge on any atom is -0.298 e. The molecule has 4 nitrogen and oxygen atoms in total. The molecule has 0 spiro atoms. The maximum absolute atomic E-state index is 14.2. The average molecular weight is 427 g/mol. The summed E-state index contributed by atoms with van der Waals surface area (Å²) in [5, 5.41) is 4.85. The first-order valence-corrected chi connectivity index (χ1v) is 11.2. The lowest BCUT2D eigenvalue weighted by Gasteiger charge is -2.33. The maximum atomic E-state index is 14.2. The first kappa shape index (κ1) is 20.6. The zero-order valence-corrected chi connectivity index (χ0v) is 18.3. The van der Waals surface area contributed by atoms with Gasteiger partial charge in [0.2, 0.25) is 0 Å². The zero-order valence-electron chi connectivity index (χ0n) is 18.3. The lowest BCUT2D eigenvalue weighted by molar-refractivity contribution is 0.195. The summed E-state index contributed by atoms with van der Waals surface area (Å²) in [6, 6.07) is 19.4. The summed E-state index contributed by atoms with van der Waals surface area (Å²) < 4.78 is 16.2. The fourth-order valence-electron chi connectivity index (χ4n) is 4.64. The topological polar surface area (TPSA) is 33.4 Å². The van der Waals surface area contributed by atoms with Gasteiger partial charge in [0.15, 0.2) is 5.65 Å². The van der Waals surface area contributed by atoms with Crippen molar-refractivity contribution in [3.8, 4) is 0 Å². The normalized spacial score (nSPS) is 17.4. The molecular weight excluding hydrogens is 399 g/mol. The van der Waals surface area contributed by atoms with E-state index in [1.165, 1.54) is 5.69 Å². The number of aryl methyl sites for hydroxylation is 1. The van der Waals surface area contributed by atoms with Crippen molar-refractivity contribution in [2.45, 2.75) is 32.2 Å². The van der Waals surface area contributed by atoms with Crippen molar-refractivity contribution in [2.75, 3.05) is 13.1 Å². The van der Waals surface area contributed by atoms with E-state index in [1.54, 1.807) is 12.1 Å². The molecule has 162 valence electrons. The Labute approximate surface area is 188 Å². The predicted molar refractivity (Wildman–Crippen MR) is 127 cm³/mol. The monoisotopic (exact) mass is 426 g/mol. The lowest BCUT2D eigenvalue weighted by atomic mass is 9.94. The highest BCUT2D eigenvalue weighted by Crippen LogP contribution is 2.29. The van der Waals surface area contributed by atoms with Crippen LogP contribution in [-0.4, -0.2) is 32.6 Å². The summed E-state index contributed by atoms with van der Waals surface area (Å²) in [5.41, 5.74) is 6.00. The summed E-state index contributed by atoms with van der Waals surface area (Å²) in [6.07, 6.45) is 8.29. The quantitative estimate of drug-likeness (QED) is 0.409. The van der Waals surface area contributed by atoms with Gasteiger partial charge in [-0.3, -0.25) is 4.90 Å². The summed E-state index contributed by atoms with van der Waals surface area (Å²) >= 11 is 0. The Morgan fingerprint density at radius 3 is 2.69 bits per heavy atom. The van der Waals surface area contributed by atoms with Gasteiger partial charge < -0.3 is 0 Å². The zero-order chi connectivity index (χ0) is 21.9. The molecule has 0 saturated carbocycles. The summed E-state index contributed by atoms with van der Waals surface area (Å²) in [6.45, 7) is 4.55. The molecule has 5 heteroatoms. The molecule has 2 aromatic carbocycles. The standard InChI is InChI=1S/C27H27FN4/c1-20-24(14-13-21-8-3-2-4-9-21)27-29-16-15-26(32(27)30-20)23-11-7-17-31(19-23)18-22-10-5-6-12-25(22)28/h2-6,8-10,12-16,23H,7,11,17-19H2,1H3/b14-13+/t23-/m0/s1. The van der Waals surface area contributed by atoms with Crippen LogP contribution in [0.5, 0.6) is 0 Å². The Bertz CT molecular complexity index is 1250. The second-order valence-electron chi connectivity index (χ2n) is 8.51. The lowest BCUT2D eigenvalue weighted by Crippen LogP contribution is -2.34.